The zero-order valence-corrected chi connectivity index (χ0v) is 17.4. The zero-order valence-electron chi connectivity index (χ0n) is 17.4. The Hall–Kier alpha value is -1.62. The molecular weight excluding hydrogens is 340 g/mol. The second-order valence-electron chi connectivity index (χ2n) is 8.66. The number of hydrogen-bond acceptors (Lipinski definition) is 4. The second kappa shape index (κ2) is 10.1. The summed E-state index contributed by atoms with van der Waals surface area (Å²) in [6.07, 6.45) is 0. The molecule has 4 heteroatoms. The van der Waals surface area contributed by atoms with E-state index in [2.05, 4.69) is 52.0 Å². The minimum Gasteiger partial charge on any atom is -0.491 e. The number of hydrogen-bond donors (Lipinski definition) is 0. The largest absolute Gasteiger partial charge is 0.491 e. The molecule has 0 N–H and O–H groups in total. The molecule has 0 spiro atoms. The van der Waals surface area contributed by atoms with Crippen LogP contribution in [0.3, 0.4) is 0 Å². The number of rotatable bonds is 12. The Bertz CT molecular complexity index is 694. The lowest BCUT2D eigenvalue weighted by Crippen LogP contribution is -2.31. The highest BCUT2D eigenvalue weighted by Crippen LogP contribution is 2.22. The van der Waals surface area contributed by atoms with Gasteiger partial charge in [-0.25, -0.2) is 0 Å². The molecule has 0 aliphatic carbocycles. The van der Waals surface area contributed by atoms with E-state index in [4.69, 9.17) is 18.9 Å². The summed E-state index contributed by atoms with van der Waals surface area (Å²) in [5.41, 5.74) is -0.00845. The Kier molecular flexibility index (Phi) is 8.08. The predicted molar refractivity (Wildman–Crippen MR) is 111 cm³/mol. The van der Waals surface area contributed by atoms with Crippen molar-refractivity contribution in [2.45, 2.75) is 27.7 Å². The molecule has 0 unspecified atom stereocenters. The fourth-order valence-corrected chi connectivity index (χ4v) is 2.90. The van der Waals surface area contributed by atoms with Gasteiger partial charge < -0.3 is 18.9 Å². The van der Waals surface area contributed by atoms with E-state index in [0.29, 0.717) is 39.6 Å². The van der Waals surface area contributed by atoms with Gasteiger partial charge in [0.05, 0.1) is 33.0 Å². The van der Waals surface area contributed by atoms with Gasteiger partial charge >= 0.3 is 0 Å². The standard InChI is InChI=1S/C23H34O4/c1-22(2,15-24-5)17-26-18-23(3,4)16-25-12-13-27-21-11-10-19-8-6-7-9-20(19)14-21/h6-11,14H,12-13,15-18H2,1-5H3. The molecule has 0 amide bonds. The molecule has 2 rings (SSSR count). The molecule has 2 aromatic carbocycles. The zero-order chi connectivity index (χ0) is 19.8. The summed E-state index contributed by atoms with van der Waals surface area (Å²) in [6, 6.07) is 14.4. The lowest BCUT2D eigenvalue weighted by atomic mass is 9.94. The first kappa shape index (κ1) is 21.7. The summed E-state index contributed by atoms with van der Waals surface area (Å²) in [5, 5.41) is 2.40. The van der Waals surface area contributed by atoms with Gasteiger partial charge in [-0.3, -0.25) is 0 Å². The average Bonchev–Trinajstić information content (AvgIpc) is 2.60. The van der Waals surface area contributed by atoms with Crippen molar-refractivity contribution in [1.82, 2.24) is 0 Å². The Labute approximate surface area is 163 Å². The topological polar surface area (TPSA) is 36.9 Å². The third-order valence-electron chi connectivity index (χ3n) is 4.23. The molecule has 0 aliphatic rings. The van der Waals surface area contributed by atoms with Crippen molar-refractivity contribution in [3.8, 4) is 5.75 Å². The maximum Gasteiger partial charge on any atom is 0.120 e. The fraction of sp³-hybridized carbons (Fsp3) is 0.565. The smallest absolute Gasteiger partial charge is 0.120 e. The van der Waals surface area contributed by atoms with Crippen LogP contribution in [0.5, 0.6) is 5.75 Å². The van der Waals surface area contributed by atoms with Crippen LogP contribution in [0.15, 0.2) is 42.5 Å². The quantitative estimate of drug-likeness (QED) is 0.493. The van der Waals surface area contributed by atoms with E-state index in [1.807, 2.05) is 18.2 Å². The Morgan fingerprint density at radius 3 is 2.04 bits per heavy atom. The molecule has 0 atom stereocenters. The first-order valence-corrected chi connectivity index (χ1v) is 9.57. The molecule has 0 fully saturated rings. The average molecular weight is 375 g/mol. The van der Waals surface area contributed by atoms with E-state index in [-0.39, 0.29) is 10.8 Å². The van der Waals surface area contributed by atoms with Crippen LogP contribution in [0.1, 0.15) is 27.7 Å². The van der Waals surface area contributed by atoms with Crippen molar-refractivity contribution in [3.63, 3.8) is 0 Å². The molecule has 0 heterocycles. The second-order valence-corrected chi connectivity index (χ2v) is 8.66. The van der Waals surface area contributed by atoms with E-state index in [9.17, 15) is 0 Å². The maximum absolute atomic E-state index is 5.89. The minimum absolute atomic E-state index is 0.0272. The first-order valence-electron chi connectivity index (χ1n) is 9.57. The lowest BCUT2D eigenvalue weighted by Gasteiger charge is -2.28. The van der Waals surface area contributed by atoms with Gasteiger partial charge in [0.25, 0.3) is 0 Å². The van der Waals surface area contributed by atoms with Gasteiger partial charge in [-0.05, 0) is 22.9 Å². The maximum atomic E-state index is 5.89. The van der Waals surface area contributed by atoms with Crippen LogP contribution in [-0.2, 0) is 14.2 Å². The van der Waals surface area contributed by atoms with Crippen molar-refractivity contribution in [2.75, 3.05) is 46.8 Å². The predicted octanol–water partition coefficient (Wildman–Crippen LogP) is 4.95. The Morgan fingerprint density at radius 2 is 1.33 bits per heavy atom. The molecular formula is C23H34O4. The molecule has 0 saturated heterocycles. The van der Waals surface area contributed by atoms with E-state index in [1.54, 1.807) is 7.11 Å². The van der Waals surface area contributed by atoms with E-state index in [0.717, 1.165) is 5.75 Å². The van der Waals surface area contributed by atoms with Crippen LogP contribution >= 0.6 is 0 Å². The van der Waals surface area contributed by atoms with Crippen molar-refractivity contribution >= 4 is 10.8 Å². The highest BCUT2D eigenvalue weighted by molar-refractivity contribution is 5.83. The third-order valence-corrected chi connectivity index (χ3v) is 4.23. The Balaban J connectivity index is 1.64. The molecule has 0 bridgehead atoms. The monoisotopic (exact) mass is 374 g/mol. The number of ether oxygens (including phenoxy) is 4. The van der Waals surface area contributed by atoms with Gasteiger partial charge in [0.1, 0.15) is 12.4 Å². The third kappa shape index (κ3) is 7.87. The molecule has 27 heavy (non-hydrogen) atoms. The molecule has 150 valence electrons. The summed E-state index contributed by atoms with van der Waals surface area (Å²) in [5.74, 6) is 0.875. The normalized spacial score (nSPS) is 12.5. The van der Waals surface area contributed by atoms with E-state index >= 15 is 0 Å². The fourth-order valence-electron chi connectivity index (χ4n) is 2.90. The molecule has 0 saturated carbocycles. The molecule has 2 aromatic rings. The Morgan fingerprint density at radius 1 is 0.704 bits per heavy atom. The van der Waals surface area contributed by atoms with Crippen molar-refractivity contribution in [1.29, 1.82) is 0 Å². The molecule has 4 nitrogen and oxygen atoms in total. The van der Waals surface area contributed by atoms with Gasteiger partial charge in [-0.2, -0.15) is 0 Å². The minimum atomic E-state index is -0.0356. The van der Waals surface area contributed by atoms with Gasteiger partial charge in [0.2, 0.25) is 0 Å². The summed E-state index contributed by atoms with van der Waals surface area (Å²) < 4.78 is 22.7. The SMILES string of the molecule is COCC(C)(C)COCC(C)(C)COCCOc1ccc2ccccc2c1. The van der Waals surface area contributed by atoms with Crippen molar-refractivity contribution in [3.05, 3.63) is 42.5 Å². The van der Waals surface area contributed by atoms with Crippen LogP contribution < -0.4 is 4.74 Å². The highest BCUT2D eigenvalue weighted by Gasteiger charge is 2.22. The summed E-state index contributed by atoms with van der Waals surface area (Å²) in [6.45, 7) is 12.4. The summed E-state index contributed by atoms with van der Waals surface area (Å²) in [4.78, 5) is 0. The number of benzene rings is 2. The first-order chi connectivity index (χ1) is 12.8. The number of fused-ring (bicyclic) bond motifs is 1. The molecule has 0 aliphatic heterocycles. The summed E-state index contributed by atoms with van der Waals surface area (Å²) in [7, 11) is 1.72. The van der Waals surface area contributed by atoms with E-state index in [1.165, 1.54) is 10.8 Å². The summed E-state index contributed by atoms with van der Waals surface area (Å²) >= 11 is 0. The molecule has 0 radical (unpaired) electrons. The van der Waals surface area contributed by atoms with Crippen LogP contribution in [-0.4, -0.2) is 46.8 Å². The van der Waals surface area contributed by atoms with Crippen LogP contribution in [0.25, 0.3) is 10.8 Å². The van der Waals surface area contributed by atoms with Crippen molar-refractivity contribution in [2.24, 2.45) is 10.8 Å². The van der Waals surface area contributed by atoms with Gasteiger partial charge in [-0.1, -0.05) is 58.0 Å². The van der Waals surface area contributed by atoms with E-state index < -0.39 is 0 Å². The van der Waals surface area contributed by atoms with Crippen LogP contribution in [0.4, 0.5) is 0 Å². The van der Waals surface area contributed by atoms with Gasteiger partial charge in [-0.15, -0.1) is 0 Å². The van der Waals surface area contributed by atoms with Crippen molar-refractivity contribution < 1.29 is 18.9 Å². The molecule has 0 aromatic heterocycles. The van der Waals surface area contributed by atoms with Crippen LogP contribution in [0, 0.1) is 10.8 Å². The number of methoxy groups -OCH3 is 1. The lowest BCUT2D eigenvalue weighted by molar-refractivity contribution is -0.0426. The highest BCUT2D eigenvalue weighted by atomic mass is 16.5. The van der Waals surface area contributed by atoms with Crippen LogP contribution in [0.2, 0.25) is 0 Å². The van der Waals surface area contributed by atoms with Gasteiger partial charge in [0.15, 0.2) is 0 Å². The van der Waals surface area contributed by atoms with Gasteiger partial charge in [0, 0.05) is 17.9 Å².